The molecule has 106 valence electrons. The number of rotatable bonds is 3. The van der Waals surface area contributed by atoms with Crippen molar-refractivity contribution in [1.29, 1.82) is 0 Å². The molecule has 2 aromatic rings. The van der Waals surface area contributed by atoms with Crippen molar-refractivity contribution in [3.63, 3.8) is 0 Å². The van der Waals surface area contributed by atoms with Gasteiger partial charge in [0.15, 0.2) is 0 Å². The van der Waals surface area contributed by atoms with Crippen LogP contribution in [-0.4, -0.2) is 9.55 Å². The maximum atomic E-state index is 12.0. The van der Waals surface area contributed by atoms with E-state index < -0.39 is 0 Å². The third-order valence-corrected chi connectivity index (χ3v) is 3.40. The largest absolute Gasteiger partial charge is 0.348 e. The smallest absolute Gasteiger partial charge is 0.322 e. The number of nitrogens with zero attached hydrogens (tertiary/aromatic N) is 2. The van der Waals surface area contributed by atoms with Crippen molar-refractivity contribution >= 4 is 0 Å². The van der Waals surface area contributed by atoms with E-state index in [1.165, 1.54) is 11.1 Å². The molecular formula is C16H21N3O. The fourth-order valence-corrected chi connectivity index (χ4v) is 2.52. The highest BCUT2D eigenvalue weighted by Gasteiger charge is 2.11. The molecule has 0 saturated heterocycles. The molecule has 1 atom stereocenters. The standard InChI is InChI=1S/C16H21N3O/c1-10-5-11(2)7-14(6-10)15(17)9-19-13(4)8-12(3)18-16(19)20/h5-8,15H,9,17H2,1-4H3. The third-order valence-electron chi connectivity index (χ3n) is 3.40. The Morgan fingerprint density at radius 2 is 1.70 bits per heavy atom. The summed E-state index contributed by atoms with van der Waals surface area (Å²) >= 11 is 0. The van der Waals surface area contributed by atoms with E-state index in [1.807, 2.05) is 33.8 Å². The van der Waals surface area contributed by atoms with E-state index in [4.69, 9.17) is 5.73 Å². The van der Waals surface area contributed by atoms with Gasteiger partial charge in [0, 0.05) is 24.0 Å². The van der Waals surface area contributed by atoms with Crippen molar-refractivity contribution in [3.05, 3.63) is 62.8 Å². The lowest BCUT2D eigenvalue weighted by Crippen LogP contribution is -2.30. The Labute approximate surface area is 119 Å². The summed E-state index contributed by atoms with van der Waals surface area (Å²) in [5.74, 6) is 0. The van der Waals surface area contributed by atoms with E-state index in [0.717, 1.165) is 17.0 Å². The molecule has 1 heterocycles. The minimum Gasteiger partial charge on any atom is -0.322 e. The predicted molar refractivity (Wildman–Crippen MR) is 80.8 cm³/mol. The second-order valence-corrected chi connectivity index (χ2v) is 5.46. The number of hydrogen-bond acceptors (Lipinski definition) is 3. The SMILES string of the molecule is Cc1cc(C)cc(C(N)Cn2c(C)cc(C)nc2=O)c1. The molecule has 2 rings (SSSR count). The van der Waals surface area contributed by atoms with Gasteiger partial charge in [0.25, 0.3) is 0 Å². The van der Waals surface area contributed by atoms with Crippen molar-refractivity contribution in [2.45, 2.75) is 40.3 Å². The first kappa shape index (κ1) is 14.5. The van der Waals surface area contributed by atoms with Gasteiger partial charge in [-0.2, -0.15) is 4.98 Å². The molecule has 0 aliphatic rings. The van der Waals surface area contributed by atoms with E-state index in [-0.39, 0.29) is 11.7 Å². The lowest BCUT2D eigenvalue weighted by Gasteiger charge is -2.17. The Bertz CT molecular complexity index is 668. The molecule has 0 aliphatic heterocycles. The highest BCUT2D eigenvalue weighted by Crippen LogP contribution is 2.16. The van der Waals surface area contributed by atoms with Crippen molar-refractivity contribution < 1.29 is 0 Å². The van der Waals surface area contributed by atoms with E-state index >= 15 is 0 Å². The zero-order valence-corrected chi connectivity index (χ0v) is 12.5. The quantitative estimate of drug-likeness (QED) is 0.930. The number of hydrogen-bond donors (Lipinski definition) is 1. The van der Waals surface area contributed by atoms with Gasteiger partial charge < -0.3 is 5.73 Å². The molecule has 1 aromatic carbocycles. The second-order valence-electron chi connectivity index (χ2n) is 5.46. The van der Waals surface area contributed by atoms with Crippen molar-refractivity contribution in [1.82, 2.24) is 9.55 Å². The van der Waals surface area contributed by atoms with Gasteiger partial charge in [0.1, 0.15) is 0 Å². The van der Waals surface area contributed by atoms with Gasteiger partial charge in [-0.15, -0.1) is 0 Å². The van der Waals surface area contributed by atoms with Crippen LogP contribution in [0.3, 0.4) is 0 Å². The van der Waals surface area contributed by atoms with Crippen LogP contribution in [0.5, 0.6) is 0 Å². The average Bonchev–Trinajstić information content (AvgIpc) is 2.32. The summed E-state index contributed by atoms with van der Waals surface area (Å²) in [6.45, 7) is 8.27. The summed E-state index contributed by atoms with van der Waals surface area (Å²) in [7, 11) is 0. The van der Waals surface area contributed by atoms with Crippen LogP contribution < -0.4 is 11.4 Å². The Morgan fingerprint density at radius 1 is 1.10 bits per heavy atom. The molecule has 0 aliphatic carbocycles. The molecule has 20 heavy (non-hydrogen) atoms. The summed E-state index contributed by atoms with van der Waals surface area (Å²) in [4.78, 5) is 15.9. The molecule has 1 aromatic heterocycles. The lowest BCUT2D eigenvalue weighted by atomic mass is 10.0. The van der Waals surface area contributed by atoms with Crippen LogP contribution in [0.25, 0.3) is 0 Å². The summed E-state index contributed by atoms with van der Waals surface area (Å²) in [6.07, 6.45) is 0. The minimum absolute atomic E-state index is 0.213. The fourth-order valence-electron chi connectivity index (χ4n) is 2.52. The highest BCUT2D eigenvalue weighted by atomic mass is 16.1. The Hall–Kier alpha value is -1.94. The van der Waals surface area contributed by atoms with Gasteiger partial charge in [-0.1, -0.05) is 29.3 Å². The van der Waals surface area contributed by atoms with Crippen LogP contribution in [0.2, 0.25) is 0 Å². The van der Waals surface area contributed by atoms with Gasteiger partial charge in [-0.25, -0.2) is 4.79 Å². The van der Waals surface area contributed by atoms with Gasteiger partial charge in [-0.05, 0) is 39.3 Å². The first-order valence-corrected chi connectivity index (χ1v) is 6.75. The van der Waals surface area contributed by atoms with Crippen molar-refractivity contribution in [3.8, 4) is 0 Å². The molecule has 4 nitrogen and oxygen atoms in total. The molecule has 2 N–H and O–H groups in total. The van der Waals surface area contributed by atoms with Crippen LogP contribution in [0.15, 0.2) is 29.1 Å². The van der Waals surface area contributed by atoms with Crippen LogP contribution >= 0.6 is 0 Å². The molecule has 1 unspecified atom stereocenters. The molecule has 0 spiro atoms. The maximum Gasteiger partial charge on any atom is 0.348 e. The number of aromatic nitrogens is 2. The maximum absolute atomic E-state index is 12.0. The summed E-state index contributed by atoms with van der Waals surface area (Å²) in [5.41, 5.74) is 11.1. The molecule has 0 bridgehead atoms. The number of aryl methyl sites for hydroxylation is 4. The van der Waals surface area contributed by atoms with Gasteiger partial charge in [-0.3, -0.25) is 4.57 Å². The van der Waals surface area contributed by atoms with Crippen LogP contribution in [0.1, 0.15) is 34.1 Å². The zero-order valence-electron chi connectivity index (χ0n) is 12.5. The summed E-state index contributed by atoms with van der Waals surface area (Å²) < 4.78 is 1.63. The van der Waals surface area contributed by atoms with Gasteiger partial charge in [0.05, 0.1) is 0 Å². The first-order chi connectivity index (χ1) is 9.36. The fraction of sp³-hybridized carbons (Fsp3) is 0.375. The van der Waals surface area contributed by atoms with E-state index in [1.54, 1.807) is 4.57 Å². The third kappa shape index (κ3) is 3.14. The minimum atomic E-state index is -0.234. The van der Waals surface area contributed by atoms with E-state index in [9.17, 15) is 4.79 Å². The molecule has 0 amide bonds. The van der Waals surface area contributed by atoms with Crippen molar-refractivity contribution in [2.24, 2.45) is 5.73 Å². The summed E-state index contributed by atoms with van der Waals surface area (Å²) in [5, 5.41) is 0. The number of benzene rings is 1. The predicted octanol–water partition coefficient (Wildman–Crippen LogP) is 2.18. The van der Waals surface area contributed by atoms with Crippen LogP contribution in [0.4, 0.5) is 0 Å². The number of nitrogens with two attached hydrogens (primary N) is 1. The van der Waals surface area contributed by atoms with Crippen molar-refractivity contribution in [2.75, 3.05) is 0 Å². The van der Waals surface area contributed by atoms with E-state index in [0.29, 0.717) is 6.54 Å². The Kier molecular flexibility index (Phi) is 4.04. The molecule has 4 heteroatoms. The van der Waals surface area contributed by atoms with Gasteiger partial charge >= 0.3 is 5.69 Å². The Balaban J connectivity index is 2.32. The molecule has 0 saturated carbocycles. The normalized spacial score (nSPS) is 12.4. The van der Waals surface area contributed by atoms with Crippen LogP contribution in [-0.2, 0) is 6.54 Å². The second kappa shape index (κ2) is 5.59. The monoisotopic (exact) mass is 271 g/mol. The topological polar surface area (TPSA) is 60.9 Å². The zero-order chi connectivity index (χ0) is 14.9. The highest BCUT2D eigenvalue weighted by molar-refractivity contribution is 5.30. The van der Waals surface area contributed by atoms with Gasteiger partial charge in [0.2, 0.25) is 0 Å². The molecule has 0 radical (unpaired) electrons. The average molecular weight is 271 g/mol. The molecule has 0 fully saturated rings. The Morgan fingerprint density at radius 3 is 2.25 bits per heavy atom. The van der Waals surface area contributed by atoms with Crippen LogP contribution in [0, 0.1) is 27.7 Å². The first-order valence-electron chi connectivity index (χ1n) is 6.75. The molecular weight excluding hydrogens is 250 g/mol. The van der Waals surface area contributed by atoms with E-state index in [2.05, 4.69) is 23.2 Å². The lowest BCUT2D eigenvalue weighted by molar-refractivity contribution is 0.538. The summed E-state index contributed by atoms with van der Waals surface area (Å²) in [6, 6.07) is 7.94.